The van der Waals surface area contributed by atoms with E-state index in [2.05, 4.69) is 29.4 Å². The second kappa shape index (κ2) is 7.26. The van der Waals surface area contributed by atoms with Gasteiger partial charge in [0.25, 0.3) is 0 Å². The van der Waals surface area contributed by atoms with Gasteiger partial charge in [-0.2, -0.15) is 0 Å². The van der Waals surface area contributed by atoms with Crippen LogP contribution < -0.4 is 10.5 Å². The van der Waals surface area contributed by atoms with E-state index < -0.39 is 0 Å². The number of nitrogens with two attached hydrogens (primary N) is 1. The second-order valence-corrected chi connectivity index (χ2v) is 5.40. The zero-order valence-electron chi connectivity index (χ0n) is 11.3. The highest BCUT2D eigenvalue weighted by atomic mass is 32.1. The van der Waals surface area contributed by atoms with Crippen LogP contribution in [0.1, 0.15) is 29.6 Å². The van der Waals surface area contributed by atoms with Gasteiger partial charge in [-0.15, -0.1) is 11.3 Å². The molecule has 2 aromatic rings. The first-order valence-electron chi connectivity index (χ1n) is 6.67. The number of thiazole rings is 1. The van der Waals surface area contributed by atoms with Gasteiger partial charge < -0.3 is 10.5 Å². The first kappa shape index (κ1) is 14.0. The first-order chi connectivity index (χ1) is 9.31. The number of ether oxygens (including phenoxy) is 1. The third-order valence-corrected chi connectivity index (χ3v) is 3.76. The zero-order valence-corrected chi connectivity index (χ0v) is 12.1. The number of rotatable bonds is 7. The van der Waals surface area contributed by atoms with Crippen LogP contribution in [-0.2, 0) is 19.4 Å². The van der Waals surface area contributed by atoms with Crippen molar-refractivity contribution < 1.29 is 4.74 Å². The zero-order chi connectivity index (χ0) is 13.5. The fourth-order valence-corrected chi connectivity index (χ4v) is 2.70. The van der Waals surface area contributed by atoms with Gasteiger partial charge in [0.1, 0.15) is 12.4 Å². The topological polar surface area (TPSA) is 48.1 Å². The quantitative estimate of drug-likeness (QED) is 0.845. The van der Waals surface area contributed by atoms with Gasteiger partial charge in [-0.1, -0.05) is 19.1 Å². The lowest BCUT2D eigenvalue weighted by molar-refractivity contribution is 0.302. The third-order valence-electron chi connectivity index (χ3n) is 2.81. The number of nitrogens with zero attached hydrogens (tertiary/aromatic N) is 1. The smallest absolute Gasteiger partial charge is 0.131 e. The molecule has 0 aliphatic rings. The van der Waals surface area contributed by atoms with Gasteiger partial charge in [0.05, 0.1) is 10.7 Å². The van der Waals surface area contributed by atoms with Crippen LogP contribution in [-0.4, -0.2) is 11.5 Å². The maximum absolute atomic E-state index is 5.73. The number of aromatic nitrogens is 1. The van der Waals surface area contributed by atoms with E-state index in [0.717, 1.165) is 30.7 Å². The number of aryl methyl sites for hydroxylation is 1. The molecule has 0 unspecified atom stereocenters. The molecule has 0 aliphatic carbocycles. The molecule has 0 amide bonds. The Kier molecular flexibility index (Phi) is 5.36. The SMILES string of the molecule is CCCc1nc(COc2ccc(CCN)cc2)cs1. The number of hydrogen-bond acceptors (Lipinski definition) is 4. The average molecular weight is 276 g/mol. The molecule has 0 aliphatic heterocycles. The molecule has 19 heavy (non-hydrogen) atoms. The molecular weight excluding hydrogens is 256 g/mol. The fraction of sp³-hybridized carbons (Fsp3) is 0.400. The van der Waals surface area contributed by atoms with Gasteiger partial charge >= 0.3 is 0 Å². The Bertz CT molecular complexity index is 493. The van der Waals surface area contributed by atoms with Crippen LogP contribution in [0.5, 0.6) is 5.75 Å². The van der Waals surface area contributed by atoms with Crippen LogP contribution in [0.2, 0.25) is 0 Å². The molecule has 0 spiro atoms. The van der Waals surface area contributed by atoms with Crippen molar-refractivity contribution in [2.45, 2.75) is 32.8 Å². The Morgan fingerprint density at radius 1 is 1.21 bits per heavy atom. The molecule has 1 aromatic carbocycles. The number of benzene rings is 1. The highest BCUT2D eigenvalue weighted by Gasteiger charge is 2.02. The molecule has 3 nitrogen and oxygen atoms in total. The van der Waals surface area contributed by atoms with Gasteiger partial charge in [0.15, 0.2) is 0 Å². The maximum atomic E-state index is 5.73. The molecule has 0 saturated heterocycles. The van der Waals surface area contributed by atoms with Crippen molar-refractivity contribution >= 4 is 11.3 Å². The van der Waals surface area contributed by atoms with Gasteiger partial charge in [-0.25, -0.2) is 4.98 Å². The fourth-order valence-electron chi connectivity index (χ4n) is 1.82. The van der Waals surface area contributed by atoms with E-state index in [-0.39, 0.29) is 0 Å². The first-order valence-corrected chi connectivity index (χ1v) is 7.55. The predicted octanol–water partition coefficient (Wildman–Crippen LogP) is 3.18. The van der Waals surface area contributed by atoms with E-state index in [0.29, 0.717) is 13.2 Å². The van der Waals surface area contributed by atoms with Crippen LogP contribution in [0.3, 0.4) is 0 Å². The van der Waals surface area contributed by atoms with Crippen LogP contribution in [0.4, 0.5) is 0 Å². The van der Waals surface area contributed by atoms with Crippen molar-refractivity contribution in [3.8, 4) is 5.75 Å². The van der Waals surface area contributed by atoms with E-state index in [1.165, 1.54) is 10.6 Å². The van der Waals surface area contributed by atoms with Crippen LogP contribution in [0.25, 0.3) is 0 Å². The summed E-state index contributed by atoms with van der Waals surface area (Å²) < 4.78 is 5.73. The standard InChI is InChI=1S/C15H20N2OS/c1-2-3-15-17-13(11-19-15)10-18-14-6-4-12(5-7-14)8-9-16/h4-7,11H,2-3,8-10,16H2,1H3. The van der Waals surface area contributed by atoms with Crippen molar-refractivity contribution in [3.63, 3.8) is 0 Å². The van der Waals surface area contributed by atoms with Crippen molar-refractivity contribution in [1.29, 1.82) is 0 Å². The van der Waals surface area contributed by atoms with E-state index in [1.54, 1.807) is 11.3 Å². The summed E-state index contributed by atoms with van der Waals surface area (Å²) in [5.74, 6) is 0.880. The molecule has 1 heterocycles. The average Bonchev–Trinajstić information content (AvgIpc) is 2.87. The minimum atomic E-state index is 0.538. The normalized spacial score (nSPS) is 10.6. The van der Waals surface area contributed by atoms with Crippen molar-refractivity contribution in [1.82, 2.24) is 4.98 Å². The van der Waals surface area contributed by atoms with Crippen LogP contribution in [0.15, 0.2) is 29.6 Å². The molecule has 0 fully saturated rings. The molecule has 0 radical (unpaired) electrons. The van der Waals surface area contributed by atoms with Crippen molar-refractivity contribution in [2.75, 3.05) is 6.54 Å². The summed E-state index contributed by atoms with van der Waals surface area (Å²) in [6.45, 7) is 3.39. The Balaban J connectivity index is 1.86. The van der Waals surface area contributed by atoms with Crippen molar-refractivity contribution in [2.24, 2.45) is 5.73 Å². The lowest BCUT2D eigenvalue weighted by Crippen LogP contribution is -2.02. The molecule has 0 saturated carbocycles. The van der Waals surface area contributed by atoms with E-state index in [9.17, 15) is 0 Å². The highest BCUT2D eigenvalue weighted by molar-refractivity contribution is 7.09. The summed E-state index contributed by atoms with van der Waals surface area (Å²) in [6.07, 6.45) is 3.10. The van der Waals surface area contributed by atoms with Gasteiger partial charge in [0, 0.05) is 5.38 Å². The van der Waals surface area contributed by atoms with Gasteiger partial charge in [-0.05, 0) is 43.5 Å². The molecule has 2 rings (SSSR count). The van der Waals surface area contributed by atoms with E-state index in [1.807, 2.05) is 12.1 Å². The molecule has 0 atom stereocenters. The molecular formula is C15H20N2OS. The van der Waals surface area contributed by atoms with E-state index >= 15 is 0 Å². The summed E-state index contributed by atoms with van der Waals surface area (Å²) in [7, 11) is 0. The predicted molar refractivity (Wildman–Crippen MR) is 79.6 cm³/mol. The summed E-state index contributed by atoms with van der Waals surface area (Å²) >= 11 is 1.71. The molecule has 102 valence electrons. The minimum Gasteiger partial charge on any atom is -0.487 e. The van der Waals surface area contributed by atoms with Crippen molar-refractivity contribution in [3.05, 3.63) is 45.9 Å². The van der Waals surface area contributed by atoms with Crippen LogP contribution >= 0.6 is 11.3 Å². The van der Waals surface area contributed by atoms with Crippen LogP contribution in [0, 0.1) is 0 Å². The molecule has 2 N–H and O–H groups in total. The largest absolute Gasteiger partial charge is 0.487 e. The molecule has 4 heteroatoms. The minimum absolute atomic E-state index is 0.538. The molecule has 0 bridgehead atoms. The van der Waals surface area contributed by atoms with Gasteiger partial charge in [-0.3, -0.25) is 0 Å². The monoisotopic (exact) mass is 276 g/mol. The molecule has 1 aromatic heterocycles. The Morgan fingerprint density at radius 3 is 2.68 bits per heavy atom. The Labute approximate surface area is 118 Å². The summed E-state index contributed by atoms with van der Waals surface area (Å²) in [6, 6.07) is 8.10. The summed E-state index contributed by atoms with van der Waals surface area (Å²) in [4.78, 5) is 4.54. The Morgan fingerprint density at radius 2 is 2.00 bits per heavy atom. The maximum Gasteiger partial charge on any atom is 0.131 e. The van der Waals surface area contributed by atoms with Gasteiger partial charge in [0.2, 0.25) is 0 Å². The number of hydrogen-bond donors (Lipinski definition) is 1. The van der Waals surface area contributed by atoms with E-state index in [4.69, 9.17) is 10.5 Å². The lowest BCUT2D eigenvalue weighted by atomic mass is 10.1. The lowest BCUT2D eigenvalue weighted by Gasteiger charge is -2.05. The second-order valence-electron chi connectivity index (χ2n) is 4.45. The Hall–Kier alpha value is -1.39. The third kappa shape index (κ3) is 4.33. The highest BCUT2D eigenvalue weighted by Crippen LogP contribution is 2.16. The summed E-state index contributed by atoms with van der Waals surface area (Å²) in [5.41, 5.74) is 7.78. The summed E-state index contributed by atoms with van der Waals surface area (Å²) in [5, 5.41) is 3.27.